The second kappa shape index (κ2) is 7.84. The first-order valence-electron chi connectivity index (χ1n) is 9.98. The van der Waals surface area contributed by atoms with Gasteiger partial charge in [0, 0.05) is 25.2 Å². The van der Waals surface area contributed by atoms with E-state index in [1.54, 1.807) is 6.07 Å². The number of rotatable bonds is 5. The summed E-state index contributed by atoms with van der Waals surface area (Å²) >= 11 is 6.17. The van der Waals surface area contributed by atoms with Gasteiger partial charge < -0.3 is 4.90 Å². The number of hydrogen-bond donors (Lipinski definition) is 0. The number of fused-ring (bicyclic) bond motifs is 1. The molecule has 1 saturated heterocycles. The van der Waals surface area contributed by atoms with Gasteiger partial charge in [0.15, 0.2) is 0 Å². The highest BCUT2D eigenvalue weighted by Crippen LogP contribution is 2.42. The molecular formula is C22H27ClFN3. The van der Waals surface area contributed by atoms with Crippen LogP contribution >= 0.6 is 11.6 Å². The van der Waals surface area contributed by atoms with Crippen LogP contribution in [-0.2, 0) is 6.42 Å². The minimum Gasteiger partial charge on any atom is -0.303 e. The number of halogens is 2. The molecule has 144 valence electrons. The number of nitrogens with zero attached hydrogens (tertiary/aromatic N) is 3. The molecule has 3 nitrogen and oxygen atoms in total. The van der Waals surface area contributed by atoms with Crippen molar-refractivity contribution in [2.24, 2.45) is 23.7 Å². The summed E-state index contributed by atoms with van der Waals surface area (Å²) in [5, 5.41) is 9.19. The average Bonchev–Trinajstić information content (AvgIpc) is 3.15. The largest absolute Gasteiger partial charge is 0.303 e. The molecule has 1 saturated carbocycles. The van der Waals surface area contributed by atoms with E-state index in [1.807, 2.05) is 12.1 Å². The van der Waals surface area contributed by atoms with Gasteiger partial charge in [0.1, 0.15) is 5.82 Å². The van der Waals surface area contributed by atoms with E-state index in [9.17, 15) is 4.39 Å². The molecule has 3 atom stereocenters. The molecule has 2 aliphatic rings. The van der Waals surface area contributed by atoms with Gasteiger partial charge in [0.2, 0.25) is 0 Å². The molecule has 1 aromatic heterocycles. The fraction of sp³-hybridized carbons (Fsp3) is 0.545. The Morgan fingerprint density at radius 1 is 1.11 bits per heavy atom. The van der Waals surface area contributed by atoms with E-state index in [1.165, 1.54) is 44.6 Å². The van der Waals surface area contributed by atoms with Crippen LogP contribution < -0.4 is 0 Å². The Labute approximate surface area is 165 Å². The lowest BCUT2D eigenvalue weighted by Crippen LogP contribution is -2.26. The van der Waals surface area contributed by atoms with Crippen molar-refractivity contribution in [2.75, 3.05) is 19.6 Å². The van der Waals surface area contributed by atoms with Crippen LogP contribution in [0.3, 0.4) is 0 Å². The SMILES string of the molecule is CC(C)CN1C[C@H]2CC(Cc3ccc(-c4cc(F)ccc4Cl)nn3)C[C@H]2C1. The Morgan fingerprint density at radius 2 is 1.85 bits per heavy atom. The normalized spacial score (nSPS) is 25.3. The summed E-state index contributed by atoms with van der Waals surface area (Å²) in [6, 6.07) is 8.24. The number of aromatic nitrogens is 2. The molecule has 2 heterocycles. The van der Waals surface area contributed by atoms with Crippen molar-refractivity contribution in [2.45, 2.75) is 33.1 Å². The molecule has 0 bridgehead atoms. The number of hydrogen-bond acceptors (Lipinski definition) is 3. The average molecular weight is 388 g/mol. The summed E-state index contributed by atoms with van der Waals surface area (Å²) in [4.78, 5) is 2.65. The molecule has 5 heteroatoms. The molecule has 1 aromatic carbocycles. The minimum atomic E-state index is -0.315. The molecule has 0 N–H and O–H groups in total. The molecule has 27 heavy (non-hydrogen) atoms. The maximum Gasteiger partial charge on any atom is 0.123 e. The van der Waals surface area contributed by atoms with Crippen LogP contribution in [0.5, 0.6) is 0 Å². The van der Waals surface area contributed by atoms with E-state index in [0.29, 0.717) is 22.2 Å². The number of likely N-dealkylation sites (tertiary alicyclic amines) is 1. The van der Waals surface area contributed by atoms with Crippen LogP contribution in [0.15, 0.2) is 30.3 Å². The van der Waals surface area contributed by atoms with Gasteiger partial charge in [-0.2, -0.15) is 10.2 Å². The summed E-state index contributed by atoms with van der Waals surface area (Å²) in [5.41, 5.74) is 2.24. The van der Waals surface area contributed by atoms with Crippen LogP contribution in [0, 0.1) is 29.5 Å². The maximum atomic E-state index is 13.5. The zero-order chi connectivity index (χ0) is 19.0. The van der Waals surface area contributed by atoms with E-state index in [4.69, 9.17) is 11.6 Å². The molecule has 0 radical (unpaired) electrons. The standard InChI is InChI=1S/C22H27ClFN3/c1-14(2)11-27-12-16-7-15(8-17(16)13-27)9-19-4-6-22(26-25-19)20-10-18(24)3-5-21(20)23/h3-6,10,14-17H,7-9,11-13H2,1-2H3/t15?,16-,17+. The van der Waals surface area contributed by atoms with Gasteiger partial charge in [0.05, 0.1) is 16.4 Å². The summed E-state index contributed by atoms with van der Waals surface area (Å²) in [6.07, 6.45) is 3.60. The smallest absolute Gasteiger partial charge is 0.123 e. The first-order chi connectivity index (χ1) is 13.0. The van der Waals surface area contributed by atoms with E-state index >= 15 is 0 Å². The van der Waals surface area contributed by atoms with E-state index in [-0.39, 0.29) is 5.82 Å². The first kappa shape index (κ1) is 18.8. The third-order valence-corrected chi connectivity index (χ3v) is 6.30. The lowest BCUT2D eigenvalue weighted by Gasteiger charge is -2.20. The minimum absolute atomic E-state index is 0.315. The van der Waals surface area contributed by atoms with E-state index < -0.39 is 0 Å². The maximum absolute atomic E-state index is 13.5. The third kappa shape index (κ3) is 4.33. The van der Waals surface area contributed by atoms with Gasteiger partial charge in [-0.15, -0.1) is 0 Å². The highest BCUT2D eigenvalue weighted by Gasteiger charge is 2.40. The molecule has 2 aromatic rings. The second-order valence-corrected chi connectivity index (χ2v) is 9.12. The Balaban J connectivity index is 1.36. The molecule has 1 unspecified atom stereocenters. The predicted octanol–water partition coefficient (Wildman–Crippen LogP) is 5.09. The zero-order valence-corrected chi connectivity index (χ0v) is 16.8. The van der Waals surface area contributed by atoms with E-state index in [0.717, 1.165) is 29.9 Å². The van der Waals surface area contributed by atoms with Crippen LogP contribution in [-0.4, -0.2) is 34.7 Å². The van der Waals surface area contributed by atoms with Gasteiger partial charge >= 0.3 is 0 Å². The molecular weight excluding hydrogens is 361 g/mol. The predicted molar refractivity (Wildman–Crippen MR) is 107 cm³/mol. The van der Waals surface area contributed by atoms with Crippen molar-refractivity contribution in [3.05, 3.63) is 46.9 Å². The summed E-state index contributed by atoms with van der Waals surface area (Å²) < 4.78 is 13.5. The summed E-state index contributed by atoms with van der Waals surface area (Å²) in [6.45, 7) is 8.36. The highest BCUT2D eigenvalue weighted by molar-refractivity contribution is 6.33. The molecule has 0 spiro atoms. The first-order valence-corrected chi connectivity index (χ1v) is 10.4. The van der Waals surface area contributed by atoms with Crippen molar-refractivity contribution >= 4 is 11.6 Å². The lowest BCUT2D eigenvalue weighted by atomic mass is 9.99. The summed E-state index contributed by atoms with van der Waals surface area (Å²) in [7, 11) is 0. The van der Waals surface area contributed by atoms with Crippen molar-refractivity contribution in [1.29, 1.82) is 0 Å². The van der Waals surface area contributed by atoms with Crippen molar-refractivity contribution in [1.82, 2.24) is 15.1 Å². The molecule has 1 aliphatic heterocycles. The highest BCUT2D eigenvalue weighted by atomic mass is 35.5. The van der Waals surface area contributed by atoms with Gasteiger partial charge in [-0.3, -0.25) is 0 Å². The lowest BCUT2D eigenvalue weighted by molar-refractivity contribution is 0.266. The van der Waals surface area contributed by atoms with Crippen molar-refractivity contribution in [3.8, 4) is 11.3 Å². The monoisotopic (exact) mass is 387 g/mol. The fourth-order valence-electron chi connectivity index (χ4n) is 4.96. The third-order valence-electron chi connectivity index (χ3n) is 5.97. The van der Waals surface area contributed by atoms with Crippen molar-refractivity contribution < 1.29 is 4.39 Å². The molecule has 0 amide bonds. The van der Waals surface area contributed by atoms with Crippen LogP contribution in [0.1, 0.15) is 32.4 Å². The Morgan fingerprint density at radius 3 is 2.48 bits per heavy atom. The van der Waals surface area contributed by atoms with E-state index in [2.05, 4.69) is 28.9 Å². The molecule has 1 aliphatic carbocycles. The van der Waals surface area contributed by atoms with Gasteiger partial charge in [-0.25, -0.2) is 4.39 Å². The van der Waals surface area contributed by atoms with Gasteiger partial charge in [-0.05, 0) is 73.3 Å². The Kier molecular flexibility index (Phi) is 5.47. The summed E-state index contributed by atoms with van der Waals surface area (Å²) in [5.74, 6) is 2.85. The van der Waals surface area contributed by atoms with Crippen LogP contribution in [0.25, 0.3) is 11.3 Å². The zero-order valence-electron chi connectivity index (χ0n) is 16.0. The van der Waals surface area contributed by atoms with Crippen molar-refractivity contribution in [3.63, 3.8) is 0 Å². The topological polar surface area (TPSA) is 29.0 Å². The van der Waals surface area contributed by atoms with Crippen LogP contribution in [0.2, 0.25) is 5.02 Å². The second-order valence-electron chi connectivity index (χ2n) is 8.71. The van der Waals surface area contributed by atoms with Crippen LogP contribution in [0.4, 0.5) is 4.39 Å². The molecule has 4 rings (SSSR count). The Bertz CT molecular complexity index is 779. The fourth-order valence-corrected chi connectivity index (χ4v) is 5.17. The number of benzene rings is 1. The quantitative estimate of drug-likeness (QED) is 0.715. The molecule has 2 fully saturated rings. The van der Waals surface area contributed by atoms with Gasteiger partial charge in [-0.1, -0.05) is 25.4 Å². The van der Waals surface area contributed by atoms with Gasteiger partial charge in [0.25, 0.3) is 0 Å². The Hall–Kier alpha value is -1.52.